The first-order chi connectivity index (χ1) is 12.0. The van der Waals surface area contributed by atoms with E-state index in [-0.39, 0.29) is 29.3 Å². The second kappa shape index (κ2) is 6.91. The van der Waals surface area contributed by atoms with Gasteiger partial charge in [-0.2, -0.15) is 0 Å². The van der Waals surface area contributed by atoms with Gasteiger partial charge in [-0.15, -0.1) is 0 Å². The number of hydrogen-bond donors (Lipinski definition) is 0. The number of fused-ring (bicyclic) bond motifs is 3. The molecular weight excluding hydrogens is 324 g/mol. The molecule has 0 N–H and O–H groups in total. The number of carbonyl (C=O) groups is 1. The van der Waals surface area contributed by atoms with Crippen LogP contribution in [0.1, 0.15) is 74.1 Å². The first kappa shape index (κ1) is 19.8. The maximum atomic E-state index is 12.9. The molecule has 1 saturated heterocycles. The molecule has 3 rings (SSSR count). The van der Waals surface area contributed by atoms with Crippen molar-refractivity contribution in [3.05, 3.63) is 23.3 Å². The van der Waals surface area contributed by atoms with Gasteiger partial charge in [0.15, 0.2) is 11.6 Å². The summed E-state index contributed by atoms with van der Waals surface area (Å²) < 4.78 is 12.7. The van der Waals surface area contributed by atoms with Gasteiger partial charge in [0.05, 0.1) is 6.10 Å². The normalized spacial score (nSPS) is 44.5. The summed E-state index contributed by atoms with van der Waals surface area (Å²) in [6.45, 7) is 15.2. The van der Waals surface area contributed by atoms with Crippen LogP contribution in [0.3, 0.4) is 0 Å². The zero-order chi connectivity index (χ0) is 19.3. The lowest BCUT2D eigenvalue weighted by Gasteiger charge is -2.39. The summed E-state index contributed by atoms with van der Waals surface area (Å²) in [6.07, 6.45) is 8.24. The fourth-order valence-corrected chi connectivity index (χ4v) is 5.42. The molecule has 0 amide bonds. The van der Waals surface area contributed by atoms with E-state index in [1.165, 1.54) is 11.1 Å². The van der Waals surface area contributed by atoms with Crippen molar-refractivity contribution >= 4 is 5.78 Å². The van der Waals surface area contributed by atoms with E-state index in [1.807, 2.05) is 19.9 Å². The highest BCUT2D eigenvalue weighted by Crippen LogP contribution is 2.59. The molecular formula is C23H36O3. The Balaban J connectivity index is 2.09. The summed E-state index contributed by atoms with van der Waals surface area (Å²) in [6, 6.07) is 0. The Labute approximate surface area is 159 Å². The van der Waals surface area contributed by atoms with Crippen LogP contribution < -0.4 is 0 Å². The molecule has 1 heterocycles. The monoisotopic (exact) mass is 360 g/mol. The highest BCUT2D eigenvalue weighted by Gasteiger charge is 2.61. The van der Waals surface area contributed by atoms with Gasteiger partial charge in [-0.25, -0.2) is 0 Å². The lowest BCUT2D eigenvalue weighted by atomic mass is 9.68. The molecule has 2 fully saturated rings. The average molecular weight is 361 g/mol. The van der Waals surface area contributed by atoms with Crippen LogP contribution in [0.25, 0.3) is 0 Å². The highest BCUT2D eigenvalue weighted by atomic mass is 16.8. The molecule has 26 heavy (non-hydrogen) atoms. The summed E-state index contributed by atoms with van der Waals surface area (Å²) in [7, 11) is 0. The molecule has 0 radical (unpaired) electrons. The van der Waals surface area contributed by atoms with Gasteiger partial charge < -0.3 is 9.47 Å². The molecule has 0 aromatic carbocycles. The van der Waals surface area contributed by atoms with Crippen LogP contribution in [0, 0.1) is 23.2 Å². The number of ether oxygens (including phenoxy) is 2. The molecule has 0 spiro atoms. The molecule has 3 aliphatic rings. The Morgan fingerprint density at radius 1 is 1.19 bits per heavy atom. The maximum Gasteiger partial charge on any atom is 0.164 e. The van der Waals surface area contributed by atoms with E-state index in [4.69, 9.17) is 9.47 Å². The van der Waals surface area contributed by atoms with Crippen molar-refractivity contribution in [2.75, 3.05) is 0 Å². The predicted octanol–water partition coefficient (Wildman–Crippen LogP) is 5.45. The van der Waals surface area contributed by atoms with Gasteiger partial charge in [0.25, 0.3) is 0 Å². The van der Waals surface area contributed by atoms with Gasteiger partial charge in [-0.3, -0.25) is 4.79 Å². The minimum absolute atomic E-state index is 0.0385. The lowest BCUT2D eigenvalue weighted by Crippen LogP contribution is -2.36. The van der Waals surface area contributed by atoms with Crippen molar-refractivity contribution in [2.45, 2.75) is 92.1 Å². The van der Waals surface area contributed by atoms with Crippen LogP contribution in [-0.4, -0.2) is 23.8 Å². The Morgan fingerprint density at radius 2 is 1.88 bits per heavy atom. The van der Waals surface area contributed by atoms with E-state index in [0.29, 0.717) is 11.8 Å². The third-order valence-corrected chi connectivity index (χ3v) is 6.82. The molecule has 3 heteroatoms. The number of rotatable bonds is 1. The van der Waals surface area contributed by atoms with Gasteiger partial charge in [-0.05, 0) is 75.4 Å². The summed E-state index contributed by atoms with van der Waals surface area (Å²) in [4.78, 5) is 12.9. The van der Waals surface area contributed by atoms with Gasteiger partial charge in [-0.1, -0.05) is 39.3 Å². The fourth-order valence-electron chi connectivity index (χ4n) is 5.42. The number of ketones is 1. The van der Waals surface area contributed by atoms with Gasteiger partial charge >= 0.3 is 0 Å². The van der Waals surface area contributed by atoms with Crippen LogP contribution in [0.2, 0.25) is 0 Å². The van der Waals surface area contributed by atoms with Crippen molar-refractivity contribution in [1.82, 2.24) is 0 Å². The highest BCUT2D eigenvalue weighted by molar-refractivity contribution is 5.92. The summed E-state index contributed by atoms with van der Waals surface area (Å²) in [5.74, 6) is 0.549. The van der Waals surface area contributed by atoms with E-state index in [9.17, 15) is 4.79 Å². The molecule has 146 valence electrons. The third kappa shape index (κ3) is 3.45. The van der Waals surface area contributed by atoms with Crippen molar-refractivity contribution in [3.8, 4) is 0 Å². The number of carbonyl (C=O) groups excluding carboxylic acids is 1. The van der Waals surface area contributed by atoms with E-state index in [0.717, 1.165) is 25.7 Å². The number of allylic oxidation sites excluding steroid dienone is 3. The molecule has 1 saturated carbocycles. The van der Waals surface area contributed by atoms with Crippen LogP contribution in [0.4, 0.5) is 0 Å². The zero-order valence-corrected chi connectivity index (χ0v) is 17.6. The summed E-state index contributed by atoms with van der Waals surface area (Å²) in [5, 5.41) is 0. The maximum absolute atomic E-state index is 12.9. The van der Waals surface area contributed by atoms with Crippen LogP contribution in [-0.2, 0) is 14.3 Å². The molecule has 1 aliphatic heterocycles. The Morgan fingerprint density at radius 3 is 2.54 bits per heavy atom. The van der Waals surface area contributed by atoms with E-state index < -0.39 is 5.79 Å². The van der Waals surface area contributed by atoms with Crippen molar-refractivity contribution in [1.29, 1.82) is 0 Å². The van der Waals surface area contributed by atoms with Crippen molar-refractivity contribution in [2.24, 2.45) is 23.2 Å². The van der Waals surface area contributed by atoms with Crippen LogP contribution in [0.5, 0.6) is 0 Å². The van der Waals surface area contributed by atoms with Gasteiger partial charge in [0.2, 0.25) is 0 Å². The second-order valence-electron chi connectivity index (χ2n) is 9.74. The predicted molar refractivity (Wildman–Crippen MR) is 105 cm³/mol. The summed E-state index contributed by atoms with van der Waals surface area (Å²) >= 11 is 0. The van der Waals surface area contributed by atoms with E-state index in [1.54, 1.807) is 0 Å². The third-order valence-electron chi connectivity index (χ3n) is 6.82. The fraction of sp³-hybridized carbons (Fsp3) is 0.783. The largest absolute Gasteiger partial charge is 0.344 e. The minimum atomic E-state index is -0.582. The van der Waals surface area contributed by atoms with Crippen molar-refractivity contribution < 1.29 is 14.3 Å². The van der Waals surface area contributed by atoms with E-state index >= 15 is 0 Å². The van der Waals surface area contributed by atoms with E-state index in [2.05, 4.69) is 40.7 Å². The smallest absolute Gasteiger partial charge is 0.164 e. The molecule has 5 atom stereocenters. The zero-order valence-electron chi connectivity index (χ0n) is 17.6. The Kier molecular flexibility index (Phi) is 5.26. The first-order valence-electron chi connectivity index (χ1n) is 10.3. The standard InChI is InChI=1S/C23H36O3/c1-14(2)19-21-20(25-22(5,6)26-21)17-13-18(24)16(4)10-8-9-15(3)11-12-23(17,19)7/h9,13-14,16,19-21H,8,10-12H2,1-7H3/b15-9-,17-13-/t16-,19+,20-,21+,23+/m1/s1. The summed E-state index contributed by atoms with van der Waals surface area (Å²) in [5.41, 5.74) is 2.56. The van der Waals surface area contributed by atoms with Crippen LogP contribution >= 0.6 is 0 Å². The molecule has 0 unspecified atom stereocenters. The lowest BCUT2D eigenvalue weighted by molar-refractivity contribution is -0.162. The van der Waals surface area contributed by atoms with Crippen molar-refractivity contribution in [3.63, 3.8) is 0 Å². The second-order valence-corrected chi connectivity index (χ2v) is 9.74. The topological polar surface area (TPSA) is 35.5 Å². The molecule has 3 nitrogen and oxygen atoms in total. The van der Waals surface area contributed by atoms with Crippen LogP contribution in [0.15, 0.2) is 23.3 Å². The SMILES string of the molecule is C/C1=C/CC[C@@H](C)C(=O)/C=C2/[C@H]3OC(C)(C)O[C@H]3[C@H](C(C)C)[C@@]2(C)CC1. The average Bonchev–Trinajstić information content (AvgIpc) is 2.93. The Bertz CT molecular complexity index is 627. The van der Waals surface area contributed by atoms with Gasteiger partial charge in [0.1, 0.15) is 6.10 Å². The molecule has 2 aliphatic carbocycles. The minimum Gasteiger partial charge on any atom is -0.344 e. The molecule has 0 aromatic heterocycles. The first-order valence-corrected chi connectivity index (χ1v) is 10.3. The molecule has 0 aromatic rings. The Hall–Kier alpha value is -0.930. The number of hydrogen-bond acceptors (Lipinski definition) is 3. The molecule has 0 bridgehead atoms. The quantitative estimate of drug-likeness (QED) is 0.583. The van der Waals surface area contributed by atoms with Gasteiger partial charge in [0, 0.05) is 5.92 Å².